The van der Waals surface area contributed by atoms with Gasteiger partial charge in [0.1, 0.15) is 17.3 Å². The Hall–Kier alpha value is -3.61. The minimum absolute atomic E-state index is 0.203. The lowest BCUT2D eigenvalue weighted by molar-refractivity contribution is 0.475. The summed E-state index contributed by atoms with van der Waals surface area (Å²) < 4.78 is 0. The first-order chi connectivity index (χ1) is 11.7. The summed E-state index contributed by atoms with van der Waals surface area (Å²) in [7, 11) is 0. The fourth-order valence-corrected chi connectivity index (χ4v) is 2.56. The molecule has 0 aliphatic carbocycles. The van der Waals surface area contributed by atoms with E-state index in [1.807, 2.05) is 24.3 Å². The molecule has 0 radical (unpaired) electrons. The molecule has 0 saturated carbocycles. The summed E-state index contributed by atoms with van der Waals surface area (Å²) in [6.45, 7) is 0. The molecule has 0 unspecified atom stereocenters. The van der Waals surface area contributed by atoms with Crippen LogP contribution < -0.4 is 11.1 Å². The average Bonchev–Trinajstić information content (AvgIpc) is 2.98. The Morgan fingerprint density at radius 3 is 2.83 bits per heavy atom. The number of fused-ring (bicyclic) bond motifs is 1. The number of hydrogen-bond acceptors (Lipinski definition) is 6. The molecule has 0 amide bonds. The third-order valence-electron chi connectivity index (χ3n) is 3.63. The number of aromatic amines is 1. The van der Waals surface area contributed by atoms with Crippen molar-refractivity contribution in [1.29, 1.82) is 0 Å². The smallest absolute Gasteiger partial charge is 0.221 e. The van der Waals surface area contributed by atoms with E-state index >= 15 is 0 Å². The standard InChI is InChI=1S/C17H14N6O/c18-17-19-7-6-15(21-17)20-11-4-5-14-13(9-11)16(23-22-14)10-2-1-3-12(24)8-10/h1-9,24H,(H,22,23)(H3,18,19,20,21). The van der Waals surface area contributed by atoms with Crippen LogP contribution in [0.15, 0.2) is 54.7 Å². The maximum atomic E-state index is 9.68. The van der Waals surface area contributed by atoms with Crippen LogP contribution in [0.25, 0.3) is 22.2 Å². The van der Waals surface area contributed by atoms with Crippen molar-refractivity contribution in [2.45, 2.75) is 0 Å². The van der Waals surface area contributed by atoms with E-state index in [1.54, 1.807) is 30.5 Å². The molecule has 2 heterocycles. The summed E-state index contributed by atoms with van der Waals surface area (Å²) in [5.41, 5.74) is 8.96. The minimum atomic E-state index is 0.203. The van der Waals surface area contributed by atoms with Gasteiger partial charge in [0.2, 0.25) is 5.95 Å². The number of aromatic hydroxyl groups is 1. The molecule has 7 heteroatoms. The number of nitrogens with zero attached hydrogens (tertiary/aromatic N) is 3. The number of H-pyrrole nitrogens is 1. The van der Waals surface area contributed by atoms with Crippen molar-refractivity contribution in [2.24, 2.45) is 0 Å². The van der Waals surface area contributed by atoms with Gasteiger partial charge in [0.25, 0.3) is 0 Å². The normalized spacial score (nSPS) is 10.8. The van der Waals surface area contributed by atoms with Gasteiger partial charge in [-0.15, -0.1) is 0 Å². The van der Waals surface area contributed by atoms with Crippen LogP contribution >= 0.6 is 0 Å². The Bertz CT molecular complexity index is 1030. The second-order valence-corrected chi connectivity index (χ2v) is 5.31. The lowest BCUT2D eigenvalue weighted by Gasteiger charge is -2.06. The number of aromatic nitrogens is 4. The number of phenols is 1. The molecule has 0 bridgehead atoms. The number of rotatable bonds is 3. The highest BCUT2D eigenvalue weighted by Gasteiger charge is 2.10. The third kappa shape index (κ3) is 2.58. The van der Waals surface area contributed by atoms with E-state index < -0.39 is 0 Å². The Kier molecular flexibility index (Phi) is 3.24. The third-order valence-corrected chi connectivity index (χ3v) is 3.63. The van der Waals surface area contributed by atoms with Crippen LogP contribution in [0.4, 0.5) is 17.5 Å². The predicted octanol–water partition coefficient (Wildman–Crippen LogP) is 3.05. The lowest BCUT2D eigenvalue weighted by Crippen LogP contribution is -1.98. The fourth-order valence-electron chi connectivity index (χ4n) is 2.56. The molecule has 5 N–H and O–H groups in total. The number of hydrogen-bond donors (Lipinski definition) is 4. The van der Waals surface area contributed by atoms with Gasteiger partial charge in [0.15, 0.2) is 0 Å². The van der Waals surface area contributed by atoms with Crippen LogP contribution in [0.1, 0.15) is 0 Å². The summed E-state index contributed by atoms with van der Waals surface area (Å²) in [5, 5.41) is 21.2. The molecule has 4 aromatic rings. The zero-order valence-electron chi connectivity index (χ0n) is 12.6. The largest absolute Gasteiger partial charge is 0.508 e. The van der Waals surface area contributed by atoms with Crippen molar-refractivity contribution in [3.8, 4) is 17.0 Å². The van der Waals surface area contributed by atoms with Gasteiger partial charge in [-0.25, -0.2) is 4.98 Å². The van der Waals surface area contributed by atoms with E-state index in [0.717, 1.165) is 27.8 Å². The Morgan fingerprint density at radius 1 is 1.08 bits per heavy atom. The molecule has 0 spiro atoms. The van der Waals surface area contributed by atoms with Crippen LogP contribution in [0.3, 0.4) is 0 Å². The van der Waals surface area contributed by atoms with Gasteiger partial charge in [-0.2, -0.15) is 10.1 Å². The lowest BCUT2D eigenvalue weighted by atomic mass is 10.1. The molecule has 0 fully saturated rings. The fraction of sp³-hybridized carbons (Fsp3) is 0. The van der Waals surface area contributed by atoms with Crippen molar-refractivity contribution in [3.63, 3.8) is 0 Å². The highest BCUT2D eigenvalue weighted by molar-refractivity contribution is 5.95. The molecule has 7 nitrogen and oxygen atoms in total. The zero-order chi connectivity index (χ0) is 16.5. The average molecular weight is 318 g/mol. The summed E-state index contributed by atoms with van der Waals surface area (Å²) in [4.78, 5) is 8.00. The quantitative estimate of drug-likeness (QED) is 0.462. The summed E-state index contributed by atoms with van der Waals surface area (Å²) >= 11 is 0. The number of phenolic OH excluding ortho intramolecular Hbond substituents is 1. The van der Waals surface area contributed by atoms with E-state index in [1.165, 1.54) is 0 Å². The summed E-state index contributed by atoms with van der Waals surface area (Å²) in [6, 6.07) is 14.6. The van der Waals surface area contributed by atoms with Gasteiger partial charge in [-0.05, 0) is 36.4 Å². The van der Waals surface area contributed by atoms with Crippen molar-refractivity contribution in [2.75, 3.05) is 11.1 Å². The molecule has 24 heavy (non-hydrogen) atoms. The van der Waals surface area contributed by atoms with Gasteiger partial charge < -0.3 is 16.2 Å². The Balaban J connectivity index is 1.76. The van der Waals surface area contributed by atoms with Gasteiger partial charge in [0, 0.05) is 22.8 Å². The van der Waals surface area contributed by atoms with Gasteiger partial charge >= 0.3 is 0 Å². The summed E-state index contributed by atoms with van der Waals surface area (Å²) in [5.74, 6) is 1.03. The highest BCUT2D eigenvalue weighted by Crippen LogP contribution is 2.30. The molecule has 2 aromatic heterocycles. The maximum Gasteiger partial charge on any atom is 0.221 e. The second-order valence-electron chi connectivity index (χ2n) is 5.31. The van der Waals surface area contributed by atoms with E-state index in [4.69, 9.17) is 5.73 Å². The van der Waals surface area contributed by atoms with Crippen LogP contribution in [-0.2, 0) is 0 Å². The molecule has 118 valence electrons. The van der Waals surface area contributed by atoms with E-state index in [0.29, 0.717) is 5.82 Å². The SMILES string of the molecule is Nc1nccc(Nc2ccc3[nH]nc(-c4cccc(O)c4)c3c2)n1. The van der Waals surface area contributed by atoms with Crippen LogP contribution in [-0.4, -0.2) is 25.3 Å². The monoisotopic (exact) mass is 318 g/mol. The van der Waals surface area contributed by atoms with Gasteiger partial charge in [-0.3, -0.25) is 5.10 Å². The first-order valence-electron chi connectivity index (χ1n) is 7.32. The number of nitrogen functional groups attached to an aromatic ring is 1. The first kappa shape index (κ1) is 14.0. The van der Waals surface area contributed by atoms with Gasteiger partial charge in [0.05, 0.1) is 5.52 Å². The number of benzene rings is 2. The minimum Gasteiger partial charge on any atom is -0.508 e. The number of anilines is 3. The Morgan fingerprint density at radius 2 is 2.00 bits per heavy atom. The van der Waals surface area contributed by atoms with Gasteiger partial charge in [-0.1, -0.05) is 12.1 Å². The predicted molar refractivity (Wildman–Crippen MR) is 92.9 cm³/mol. The van der Waals surface area contributed by atoms with Crippen molar-refractivity contribution < 1.29 is 5.11 Å². The van der Waals surface area contributed by atoms with Crippen LogP contribution in [0, 0.1) is 0 Å². The highest BCUT2D eigenvalue weighted by atomic mass is 16.3. The zero-order valence-corrected chi connectivity index (χ0v) is 12.6. The molecule has 0 aliphatic heterocycles. The topological polar surface area (TPSA) is 113 Å². The first-order valence-corrected chi connectivity index (χ1v) is 7.32. The maximum absolute atomic E-state index is 9.68. The Labute approximate surface area is 137 Å². The van der Waals surface area contributed by atoms with E-state index in [-0.39, 0.29) is 11.7 Å². The number of nitrogens with two attached hydrogens (primary N) is 1. The summed E-state index contributed by atoms with van der Waals surface area (Å²) in [6.07, 6.45) is 1.60. The van der Waals surface area contributed by atoms with Crippen LogP contribution in [0.5, 0.6) is 5.75 Å². The van der Waals surface area contributed by atoms with Crippen molar-refractivity contribution >= 4 is 28.4 Å². The molecular weight excluding hydrogens is 304 g/mol. The van der Waals surface area contributed by atoms with Crippen molar-refractivity contribution in [1.82, 2.24) is 20.2 Å². The van der Waals surface area contributed by atoms with Crippen molar-refractivity contribution in [3.05, 3.63) is 54.7 Å². The van der Waals surface area contributed by atoms with Crippen LogP contribution in [0.2, 0.25) is 0 Å². The molecule has 0 aliphatic rings. The second kappa shape index (κ2) is 5.54. The molecule has 0 atom stereocenters. The molecule has 2 aromatic carbocycles. The van der Waals surface area contributed by atoms with E-state index in [9.17, 15) is 5.11 Å². The molecule has 4 rings (SSSR count). The van der Waals surface area contributed by atoms with E-state index in [2.05, 4.69) is 25.5 Å². The number of nitrogens with one attached hydrogen (secondary N) is 2. The molecule has 0 saturated heterocycles. The molecular formula is C17H14N6O.